The molecule has 0 spiro atoms. The van der Waals surface area contributed by atoms with Crippen LogP contribution in [0.4, 0.5) is 0 Å². The quantitative estimate of drug-likeness (QED) is 0.604. The molecule has 0 saturated heterocycles. The van der Waals surface area contributed by atoms with Crippen LogP contribution in [-0.4, -0.2) is 12.5 Å². The van der Waals surface area contributed by atoms with E-state index in [1.807, 2.05) is 0 Å². The first kappa shape index (κ1) is 14.0. The van der Waals surface area contributed by atoms with E-state index in [0.29, 0.717) is 17.9 Å². The molecule has 1 atom stereocenters. The molecule has 0 aliphatic carbocycles. The van der Waals surface area contributed by atoms with Crippen molar-refractivity contribution in [3.63, 3.8) is 0 Å². The van der Waals surface area contributed by atoms with Crippen LogP contribution in [-0.2, 0) is 0 Å². The predicted octanol–water partition coefficient (Wildman–Crippen LogP) is 3.15. The van der Waals surface area contributed by atoms with E-state index in [9.17, 15) is 0 Å². The molecule has 0 aromatic carbocycles. The van der Waals surface area contributed by atoms with Gasteiger partial charge in [0.2, 0.25) is 0 Å². The van der Waals surface area contributed by atoms with E-state index in [4.69, 9.17) is 5.73 Å². The van der Waals surface area contributed by atoms with Crippen molar-refractivity contribution in [2.45, 2.75) is 39.7 Å². The second kappa shape index (κ2) is 7.33. The molecule has 3 nitrogen and oxygen atoms in total. The monoisotopic (exact) mass is 253 g/mol. The highest BCUT2D eigenvalue weighted by Gasteiger charge is 2.11. The van der Waals surface area contributed by atoms with E-state index in [-0.39, 0.29) is 0 Å². The second-order valence-electron chi connectivity index (χ2n) is 4.62. The van der Waals surface area contributed by atoms with Crippen LogP contribution in [0.3, 0.4) is 0 Å². The zero-order chi connectivity index (χ0) is 12.7. The molecular weight excluding hydrogens is 230 g/mol. The average Bonchev–Trinajstić information content (AvgIpc) is 2.79. The van der Waals surface area contributed by atoms with Gasteiger partial charge in [-0.2, -0.15) is 0 Å². The summed E-state index contributed by atoms with van der Waals surface area (Å²) in [5.74, 6) is 1.10. The van der Waals surface area contributed by atoms with Gasteiger partial charge in [-0.05, 0) is 23.8 Å². The van der Waals surface area contributed by atoms with Gasteiger partial charge in [0.15, 0.2) is 5.96 Å². The van der Waals surface area contributed by atoms with Gasteiger partial charge in [0.05, 0.1) is 6.04 Å². The van der Waals surface area contributed by atoms with Crippen LogP contribution in [0, 0.1) is 5.92 Å². The summed E-state index contributed by atoms with van der Waals surface area (Å²) < 4.78 is 0. The molecule has 0 radical (unpaired) electrons. The largest absolute Gasteiger partial charge is 0.370 e. The zero-order valence-corrected chi connectivity index (χ0v) is 11.8. The second-order valence-corrected chi connectivity index (χ2v) is 5.60. The van der Waals surface area contributed by atoms with Gasteiger partial charge in [-0.3, -0.25) is 4.99 Å². The third-order valence-corrected chi connectivity index (χ3v) is 3.40. The number of hydrogen-bond acceptors (Lipinski definition) is 2. The number of aliphatic imine (C=N–C) groups is 1. The highest BCUT2D eigenvalue weighted by atomic mass is 32.1. The molecule has 1 heterocycles. The highest BCUT2D eigenvalue weighted by molar-refractivity contribution is 7.10. The number of guanidine groups is 1. The lowest BCUT2D eigenvalue weighted by molar-refractivity contribution is 0.582. The van der Waals surface area contributed by atoms with Gasteiger partial charge < -0.3 is 11.1 Å². The molecule has 96 valence electrons. The molecule has 0 aliphatic heterocycles. The van der Waals surface area contributed by atoms with Crippen LogP contribution in [0.2, 0.25) is 0 Å². The third kappa shape index (κ3) is 5.22. The van der Waals surface area contributed by atoms with Crippen molar-refractivity contribution >= 4 is 17.3 Å². The molecule has 4 heteroatoms. The number of rotatable bonds is 6. The molecular formula is C13H23N3S. The molecule has 3 N–H and O–H groups in total. The van der Waals surface area contributed by atoms with Gasteiger partial charge in [-0.1, -0.05) is 33.3 Å². The fourth-order valence-electron chi connectivity index (χ4n) is 1.57. The average molecular weight is 253 g/mol. The topological polar surface area (TPSA) is 50.4 Å². The number of hydrogen-bond donors (Lipinski definition) is 2. The van der Waals surface area contributed by atoms with Crippen molar-refractivity contribution in [1.29, 1.82) is 0 Å². The Morgan fingerprint density at radius 2 is 2.29 bits per heavy atom. The Bertz CT molecular complexity index is 330. The van der Waals surface area contributed by atoms with E-state index in [2.05, 4.69) is 48.6 Å². The highest BCUT2D eigenvalue weighted by Crippen LogP contribution is 2.22. The lowest BCUT2D eigenvalue weighted by Gasteiger charge is -2.17. The lowest BCUT2D eigenvalue weighted by Crippen LogP contribution is -2.35. The van der Waals surface area contributed by atoms with Crippen LogP contribution >= 0.6 is 11.3 Å². The van der Waals surface area contributed by atoms with Crippen molar-refractivity contribution in [3.05, 3.63) is 22.4 Å². The first-order valence-corrected chi connectivity index (χ1v) is 7.11. The molecule has 0 saturated carbocycles. The number of nitrogens with one attached hydrogen (secondary N) is 1. The maximum Gasteiger partial charge on any atom is 0.189 e. The van der Waals surface area contributed by atoms with Crippen molar-refractivity contribution in [1.82, 2.24) is 5.32 Å². The van der Waals surface area contributed by atoms with Crippen LogP contribution in [0.15, 0.2) is 22.5 Å². The molecule has 0 amide bonds. The van der Waals surface area contributed by atoms with E-state index in [1.165, 1.54) is 4.88 Å². The fourth-order valence-corrected chi connectivity index (χ4v) is 2.38. The van der Waals surface area contributed by atoms with Gasteiger partial charge in [-0.15, -0.1) is 11.3 Å². The lowest BCUT2D eigenvalue weighted by atomic mass is 10.1. The summed E-state index contributed by atoms with van der Waals surface area (Å²) in [5, 5.41) is 5.41. The van der Waals surface area contributed by atoms with Crippen molar-refractivity contribution in [2.24, 2.45) is 16.6 Å². The Morgan fingerprint density at radius 1 is 1.53 bits per heavy atom. The van der Waals surface area contributed by atoms with Gasteiger partial charge >= 0.3 is 0 Å². The third-order valence-electron chi connectivity index (χ3n) is 2.41. The summed E-state index contributed by atoms with van der Waals surface area (Å²) in [7, 11) is 0. The molecule has 17 heavy (non-hydrogen) atoms. The summed E-state index contributed by atoms with van der Waals surface area (Å²) >= 11 is 1.76. The molecule has 0 bridgehead atoms. The Hall–Kier alpha value is -1.03. The van der Waals surface area contributed by atoms with Gasteiger partial charge in [-0.25, -0.2) is 0 Å². The minimum absolute atomic E-state index is 0.302. The van der Waals surface area contributed by atoms with Crippen molar-refractivity contribution in [3.8, 4) is 0 Å². The molecule has 1 aromatic heterocycles. The maximum absolute atomic E-state index is 5.90. The summed E-state index contributed by atoms with van der Waals surface area (Å²) in [6.07, 6.45) is 2.21. The van der Waals surface area contributed by atoms with Gasteiger partial charge in [0.1, 0.15) is 0 Å². The number of thiophene rings is 1. The molecule has 0 aliphatic rings. The van der Waals surface area contributed by atoms with Crippen molar-refractivity contribution in [2.75, 3.05) is 6.54 Å². The standard InChI is InChI=1S/C13H23N3S/c1-4-6-11(12-7-5-8-17-12)16-13(14)15-9-10(2)3/h5,7-8,10-11H,4,6,9H2,1-3H3,(H3,14,15,16). The SMILES string of the molecule is CCCC(NC(N)=NCC(C)C)c1cccs1. The van der Waals surface area contributed by atoms with E-state index >= 15 is 0 Å². The smallest absolute Gasteiger partial charge is 0.189 e. The predicted molar refractivity (Wildman–Crippen MR) is 76.4 cm³/mol. The normalized spacial score (nSPS) is 14.0. The van der Waals surface area contributed by atoms with E-state index in [0.717, 1.165) is 19.4 Å². The first-order valence-electron chi connectivity index (χ1n) is 6.23. The minimum Gasteiger partial charge on any atom is -0.370 e. The Labute approximate surface area is 108 Å². The maximum atomic E-state index is 5.90. The number of nitrogens with two attached hydrogens (primary N) is 1. The Morgan fingerprint density at radius 3 is 2.82 bits per heavy atom. The fraction of sp³-hybridized carbons (Fsp3) is 0.615. The van der Waals surface area contributed by atoms with Gasteiger partial charge in [0, 0.05) is 11.4 Å². The van der Waals surface area contributed by atoms with E-state index in [1.54, 1.807) is 11.3 Å². The molecule has 1 unspecified atom stereocenters. The van der Waals surface area contributed by atoms with E-state index < -0.39 is 0 Å². The zero-order valence-electron chi connectivity index (χ0n) is 10.9. The van der Waals surface area contributed by atoms with Crippen LogP contribution in [0.25, 0.3) is 0 Å². The summed E-state index contributed by atoms with van der Waals surface area (Å²) in [6, 6.07) is 4.52. The number of nitrogens with zero attached hydrogens (tertiary/aromatic N) is 1. The van der Waals surface area contributed by atoms with Crippen LogP contribution < -0.4 is 11.1 Å². The summed E-state index contributed by atoms with van der Waals surface area (Å²) in [6.45, 7) is 7.24. The van der Waals surface area contributed by atoms with Crippen molar-refractivity contribution < 1.29 is 0 Å². The minimum atomic E-state index is 0.302. The molecule has 1 rings (SSSR count). The van der Waals surface area contributed by atoms with Crippen LogP contribution in [0.5, 0.6) is 0 Å². The Kier molecular flexibility index (Phi) is 6.05. The molecule has 0 fully saturated rings. The first-order chi connectivity index (χ1) is 8.13. The van der Waals surface area contributed by atoms with Gasteiger partial charge in [0.25, 0.3) is 0 Å². The molecule has 1 aromatic rings. The van der Waals surface area contributed by atoms with Crippen LogP contribution in [0.1, 0.15) is 44.5 Å². The summed E-state index contributed by atoms with van der Waals surface area (Å²) in [5.41, 5.74) is 5.90. The Balaban J connectivity index is 2.58. The summed E-state index contributed by atoms with van der Waals surface area (Å²) in [4.78, 5) is 5.67.